The van der Waals surface area contributed by atoms with E-state index in [1.165, 1.54) is 18.5 Å². The number of aromatic nitrogens is 2. The number of rotatable bonds is 3. The van der Waals surface area contributed by atoms with Crippen LogP contribution < -0.4 is 5.73 Å². The van der Waals surface area contributed by atoms with E-state index in [0.29, 0.717) is 28.2 Å². The van der Waals surface area contributed by atoms with Gasteiger partial charge in [-0.1, -0.05) is 37.3 Å². The highest BCUT2D eigenvalue weighted by molar-refractivity contribution is 6.01. The molecule has 1 fully saturated rings. The van der Waals surface area contributed by atoms with Crippen LogP contribution in [0.2, 0.25) is 0 Å². The number of carbonyl (C=O) groups is 1. The second-order valence-corrected chi connectivity index (χ2v) is 7.57. The summed E-state index contributed by atoms with van der Waals surface area (Å²) in [7, 11) is 0. The standard InChI is InChI=1S/C23H23FN4O/c1-15-5-4-10-28(14-15)22(29)20-7-3-2-6-18(20)16-8-9-19(21(24)11-16)17-12-26-23(25)27-13-17/h2-3,6-9,11-13,15H,4-5,10,14H2,1H3,(H2,25,26,27)/t15-/m1/s1. The Morgan fingerprint density at radius 3 is 2.59 bits per heavy atom. The van der Waals surface area contributed by atoms with Crippen molar-refractivity contribution in [3.8, 4) is 22.3 Å². The summed E-state index contributed by atoms with van der Waals surface area (Å²) in [5, 5.41) is 0. The molecule has 0 spiro atoms. The first-order valence-electron chi connectivity index (χ1n) is 9.79. The minimum Gasteiger partial charge on any atom is -0.368 e. The lowest BCUT2D eigenvalue weighted by molar-refractivity contribution is 0.0684. The Balaban J connectivity index is 1.68. The second kappa shape index (κ2) is 7.99. The first kappa shape index (κ1) is 19.1. The second-order valence-electron chi connectivity index (χ2n) is 7.57. The molecule has 2 heterocycles. The number of amides is 1. The van der Waals surface area contributed by atoms with Crippen LogP contribution in [0.3, 0.4) is 0 Å². The molecule has 3 aromatic rings. The molecular weight excluding hydrogens is 367 g/mol. The number of nitrogen functional groups attached to an aromatic ring is 1. The number of hydrogen-bond acceptors (Lipinski definition) is 4. The van der Waals surface area contributed by atoms with Gasteiger partial charge in [0.05, 0.1) is 0 Å². The van der Waals surface area contributed by atoms with Crippen LogP contribution in [0.25, 0.3) is 22.3 Å². The van der Waals surface area contributed by atoms with Gasteiger partial charge >= 0.3 is 0 Å². The lowest BCUT2D eigenvalue weighted by Crippen LogP contribution is -2.39. The summed E-state index contributed by atoms with van der Waals surface area (Å²) in [6.07, 6.45) is 5.15. The molecule has 0 bridgehead atoms. The average molecular weight is 390 g/mol. The number of nitrogens with zero attached hydrogens (tertiary/aromatic N) is 3. The predicted molar refractivity (Wildman–Crippen MR) is 112 cm³/mol. The molecule has 1 aliphatic heterocycles. The number of anilines is 1. The Kier molecular flexibility index (Phi) is 5.25. The number of nitrogens with two attached hydrogens (primary N) is 1. The molecule has 6 heteroatoms. The Morgan fingerprint density at radius 1 is 1.10 bits per heavy atom. The molecule has 1 atom stereocenters. The van der Waals surface area contributed by atoms with Gasteiger partial charge in [0.2, 0.25) is 5.95 Å². The third-order valence-electron chi connectivity index (χ3n) is 5.36. The number of likely N-dealkylation sites (tertiary alicyclic amines) is 1. The number of halogens is 1. The fourth-order valence-electron chi connectivity index (χ4n) is 3.86. The van der Waals surface area contributed by atoms with E-state index in [2.05, 4.69) is 16.9 Å². The fraction of sp³-hybridized carbons (Fsp3) is 0.261. The minimum absolute atomic E-state index is 0.00330. The van der Waals surface area contributed by atoms with Gasteiger partial charge in [-0.3, -0.25) is 4.79 Å². The molecule has 0 radical (unpaired) electrons. The maximum Gasteiger partial charge on any atom is 0.254 e. The van der Waals surface area contributed by atoms with E-state index in [4.69, 9.17) is 5.73 Å². The van der Waals surface area contributed by atoms with Crippen molar-refractivity contribution in [2.24, 2.45) is 5.92 Å². The number of carbonyl (C=O) groups excluding carboxylic acids is 1. The summed E-state index contributed by atoms with van der Waals surface area (Å²) in [6, 6.07) is 12.4. The lowest BCUT2D eigenvalue weighted by atomic mass is 9.95. The number of benzene rings is 2. The van der Waals surface area contributed by atoms with Gasteiger partial charge in [-0.05, 0) is 42.0 Å². The van der Waals surface area contributed by atoms with Gasteiger partial charge < -0.3 is 10.6 Å². The van der Waals surface area contributed by atoms with E-state index in [1.807, 2.05) is 35.2 Å². The van der Waals surface area contributed by atoms with E-state index in [-0.39, 0.29) is 11.9 Å². The van der Waals surface area contributed by atoms with Crippen molar-refractivity contribution in [2.45, 2.75) is 19.8 Å². The Hall–Kier alpha value is -3.28. The highest BCUT2D eigenvalue weighted by Crippen LogP contribution is 2.30. The van der Waals surface area contributed by atoms with Crippen LogP contribution in [0.5, 0.6) is 0 Å². The van der Waals surface area contributed by atoms with E-state index in [1.54, 1.807) is 6.07 Å². The molecule has 2 aromatic carbocycles. The van der Waals surface area contributed by atoms with Crippen molar-refractivity contribution < 1.29 is 9.18 Å². The minimum atomic E-state index is -0.398. The first-order valence-corrected chi connectivity index (χ1v) is 9.79. The van der Waals surface area contributed by atoms with Crippen LogP contribution in [0.4, 0.5) is 10.3 Å². The number of hydrogen-bond donors (Lipinski definition) is 1. The molecule has 1 aromatic heterocycles. The fourth-order valence-corrected chi connectivity index (χ4v) is 3.86. The summed E-state index contributed by atoms with van der Waals surface area (Å²) >= 11 is 0. The van der Waals surface area contributed by atoms with Crippen LogP contribution in [0.1, 0.15) is 30.1 Å². The highest BCUT2D eigenvalue weighted by Gasteiger charge is 2.24. The van der Waals surface area contributed by atoms with E-state index < -0.39 is 5.82 Å². The molecular formula is C23H23FN4O. The molecule has 2 N–H and O–H groups in total. The molecule has 5 nitrogen and oxygen atoms in total. The maximum atomic E-state index is 14.9. The normalized spacial score (nSPS) is 16.6. The third kappa shape index (κ3) is 3.97. The van der Waals surface area contributed by atoms with Crippen molar-refractivity contribution in [1.29, 1.82) is 0 Å². The van der Waals surface area contributed by atoms with Gasteiger partial charge in [0, 0.05) is 42.2 Å². The summed E-state index contributed by atoms with van der Waals surface area (Å²) in [6.45, 7) is 3.69. The topological polar surface area (TPSA) is 72.1 Å². The molecule has 0 saturated carbocycles. The number of piperidine rings is 1. The van der Waals surface area contributed by atoms with Gasteiger partial charge in [-0.2, -0.15) is 0 Å². The largest absolute Gasteiger partial charge is 0.368 e. The van der Waals surface area contributed by atoms with Crippen LogP contribution in [-0.2, 0) is 0 Å². The third-order valence-corrected chi connectivity index (χ3v) is 5.36. The van der Waals surface area contributed by atoms with E-state index in [9.17, 15) is 9.18 Å². The van der Waals surface area contributed by atoms with Crippen molar-refractivity contribution in [3.63, 3.8) is 0 Å². The summed E-state index contributed by atoms with van der Waals surface area (Å²) in [5.41, 5.74) is 8.44. The molecule has 1 amide bonds. The Labute approximate surface area is 169 Å². The molecule has 1 saturated heterocycles. The molecule has 4 rings (SSSR count). The van der Waals surface area contributed by atoms with Crippen LogP contribution in [0, 0.1) is 11.7 Å². The Morgan fingerprint density at radius 2 is 1.86 bits per heavy atom. The van der Waals surface area contributed by atoms with Crippen molar-refractivity contribution in [2.75, 3.05) is 18.8 Å². The lowest BCUT2D eigenvalue weighted by Gasteiger charge is -2.31. The van der Waals surface area contributed by atoms with Gasteiger partial charge in [0.15, 0.2) is 0 Å². The average Bonchev–Trinajstić information content (AvgIpc) is 2.74. The SMILES string of the molecule is C[C@@H]1CCCN(C(=O)c2ccccc2-c2ccc(-c3cnc(N)nc3)c(F)c2)C1. The molecule has 148 valence electrons. The van der Waals surface area contributed by atoms with Gasteiger partial charge in [0.25, 0.3) is 5.91 Å². The molecule has 1 aliphatic rings. The zero-order valence-electron chi connectivity index (χ0n) is 16.3. The first-order chi connectivity index (χ1) is 14.0. The smallest absolute Gasteiger partial charge is 0.254 e. The zero-order chi connectivity index (χ0) is 20.4. The summed E-state index contributed by atoms with van der Waals surface area (Å²) < 4.78 is 14.9. The van der Waals surface area contributed by atoms with Crippen LogP contribution >= 0.6 is 0 Å². The Bertz CT molecular complexity index is 1040. The molecule has 29 heavy (non-hydrogen) atoms. The van der Waals surface area contributed by atoms with Crippen molar-refractivity contribution >= 4 is 11.9 Å². The molecule has 0 unspecified atom stereocenters. The quantitative estimate of drug-likeness (QED) is 0.719. The van der Waals surface area contributed by atoms with E-state index in [0.717, 1.165) is 31.5 Å². The molecule has 0 aliphatic carbocycles. The van der Waals surface area contributed by atoms with Crippen LogP contribution in [-0.4, -0.2) is 33.9 Å². The highest BCUT2D eigenvalue weighted by atomic mass is 19.1. The van der Waals surface area contributed by atoms with Crippen molar-refractivity contribution in [1.82, 2.24) is 14.9 Å². The van der Waals surface area contributed by atoms with Gasteiger partial charge in [-0.15, -0.1) is 0 Å². The van der Waals surface area contributed by atoms with Gasteiger partial charge in [0.1, 0.15) is 5.82 Å². The summed E-state index contributed by atoms with van der Waals surface area (Å²) in [5.74, 6) is 0.247. The van der Waals surface area contributed by atoms with E-state index >= 15 is 0 Å². The van der Waals surface area contributed by atoms with Gasteiger partial charge in [-0.25, -0.2) is 14.4 Å². The monoisotopic (exact) mass is 390 g/mol. The maximum absolute atomic E-state index is 14.9. The van der Waals surface area contributed by atoms with Crippen LogP contribution in [0.15, 0.2) is 54.9 Å². The predicted octanol–water partition coefficient (Wildman–Crippen LogP) is 4.40. The zero-order valence-corrected chi connectivity index (χ0v) is 16.3. The summed E-state index contributed by atoms with van der Waals surface area (Å²) in [4.78, 5) is 22.9. The van der Waals surface area contributed by atoms with Crippen molar-refractivity contribution in [3.05, 3.63) is 66.2 Å².